The number of hydrogen-bond acceptors (Lipinski definition) is 3. The smallest absolute Gasteiger partial charge is 0.332 e. The Morgan fingerprint density at radius 2 is 2.06 bits per heavy atom. The third-order valence-corrected chi connectivity index (χ3v) is 4.19. The molecule has 1 heterocycles. The van der Waals surface area contributed by atoms with Gasteiger partial charge in [0.25, 0.3) is 0 Å². The van der Waals surface area contributed by atoms with Crippen LogP contribution in [0.25, 0.3) is 0 Å². The van der Waals surface area contributed by atoms with E-state index in [0.29, 0.717) is 12.5 Å². The maximum absolute atomic E-state index is 5.87. The summed E-state index contributed by atoms with van der Waals surface area (Å²) in [6, 6.07) is 3.94. The first-order valence-corrected chi connectivity index (χ1v) is 8.98. The van der Waals surface area contributed by atoms with Gasteiger partial charge in [-0.25, -0.2) is 0 Å². The van der Waals surface area contributed by atoms with Crippen molar-refractivity contribution in [3.63, 3.8) is 0 Å². The van der Waals surface area contributed by atoms with Gasteiger partial charge in [0.15, 0.2) is 0 Å². The number of pyridine rings is 1. The number of rotatable bonds is 7. The van der Waals surface area contributed by atoms with Crippen LogP contribution in [0.3, 0.4) is 0 Å². The van der Waals surface area contributed by atoms with Crippen LogP contribution >= 0.6 is 0 Å². The standard InChI is InChI=1S/C13H23NO2Si/c1-12(2)7-9-15-17(3,4)16-11-13-6-5-8-14-10-13/h5-6,8,10,12H,7,9,11H2,1-4H3. The Kier molecular flexibility index (Phi) is 5.81. The molecule has 0 saturated carbocycles. The van der Waals surface area contributed by atoms with Gasteiger partial charge in [-0.3, -0.25) is 4.98 Å². The zero-order valence-corrected chi connectivity index (χ0v) is 12.3. The summed E-state index contributed by atoms with van der Waals surface area (Å²) in [5.74, 6) is 0.679. The molecule has 0 atom stereocenters. The minimum atomic E-state index is -1.98. The second kappa shape index (κ2) is 6.89. The summed E-state index contributed by atoms with van der Waals surface area (Å²) < 4.78 is 11.7. The topological polar surface area (TPSA) is 31.4 Å². The lowest BCUT2D eigenvalue weighted by molar-refractivity contribution is 0.164. The van der Waals surface area contributed by atoms with Gasteiger partial charge in [0, 0.05) is 19.0 Å². The molecule has 4 heteroatoms. The maximum atomic E-state index is 5.87. The van der Waals surface area contributed by atoms with Crippen molar-refractivity contribution in [2.75, 3.05) is 6.61 Å². The molecule has 17 heavy (non-hydrogen) atoms. The summed E-state index contributed by atoms with van der Waals surface area (Å²) in [6.45, 7) is 9.97. The monoisotopic (exact) mass is 253 g/mol. The summed E-state index contributed by atoms with van der Waals surface area (Å²) >= 11 is 0. The zero-order chi connectivity index (χ0) is 12.7. The molecule has 0 N–H and O–H groups in total. The molecule has 0 bridgehead atoms. The number of hydrogen-bond donors (Lipinski definition) is 0. The van der Waals surface area contributed by atoms with Gasteiger partial charge in [0.05, 0.1) is 6.61 Å². The Hall–Kier alpha value is -0.713. The summed E-state index contributed by atoms with van der Waals surface area (Å²) in [7, 11) is -1.98. The molecule has 0 aliphatic carbocycles. The molecule has 0 saturated heterocycles. The lowest BCUT2D eigenvalue weighted by atomic mass is 10.2. The van der Waals surface area contributed by atoms with Crippen LogP contribution in [0.1, 0.15) is 25.8 Å². The molecule has 0 aliphatic heterocycles. The average Bonchev–Trinajstić information content (AvgIpc) is 2.27. The van der Waals surface area contributed by atoms with E-state index in [0.717, 1.165) is 18.6 Å². The van der Waals surface area contributed by atoms with Crippen LogP contribution in [-0.2, 0) is 15.5 Å². The van der Waals surface area contributed by atoms with Crippen molar-refractivity contribution >= 4 is 8.56 Å². The van der Waals surface area contributed by atoms with Gasteiger partial charge in [-0.05, 0) is 37.1 Å². The van der Waals surface area contributed by atoms with Gasteiger partial charge in [-0.1, -0.05) is 19.9 Å². The highest BCUT2D eigenvalue weighted by molar-refractivity contribution is 6.64. The predicted octanol–water partition coefficient (Wildman–Crippen LogP) is 3.36. The molecular formula is C13H23NO2Si. The Labute approximate surface area is 105 Å². The number of nitrogens with zero attached hydrogens (tertiary/aromatic N) is 1. The highest BCUT2D eigenvalue weighted by Gasteiger charge is 2.24. The van der Waals surface area contributed by atoms with Crippen molar-refractivity contribution in [1.82, 2.24) is 4.98 Å². The first-order valence-electron chi connectivity index (χ1n) is 6.16. The molecule has 0 fully saturated rings. The van der Waals surface area contributed by atoms with E-state index >= 15 is 0 Å². The Balaban J connectivity index is 2.29. The molecule has 1 aromatic heterocycles. The lowest BCUT2D eigenvalue weighted by Gasteiger charge is -2.23. The third-order valence-electron chi connectivity index (χ3n) is 2.45. The van der Waals surface area contributed by atoms with Gasteiger partial charge >= 0.3 is 8.56 Å². The fourth-order valence-electron chi connectivity index (χ4n) is 1.32. The van der Waals surface area contributed by atoms with Crippen molar-refractivity contribution in [2.45, 2.75) is 40.0 Å². The quantitative estimate of drug-likeness (QED) is 0.698. The van der Waals surface area contributed by atoms with Gasteiger partial charge in [0.1, 0.15) is 0 Å². The first kappa shape index (κ1) is 14.3. The molecule has 1 rings (SSSR count). The summed E-state index contributed by atoms with van der Waals surface area (Å²) in [6.07, 6.45) is 4.69. The average molecular weight is 253 g/mol. The molecule has 1 aromatic rings. The van der Waals surface area contributed by atoms with E-state index < -0.39 is 8.56 Å². The highest BCUT2D eigenvalue weighted by atomic mass is 28.4. The van der Waals surface area contributed by atoms with Gasteiger partial charge < -0.3 is 8.85 Å². The van der Waals surface area contributed by atoms with Crippen molar-refractivity contribution in [2.24, 2.45) is 5.92 Å². The molecule has 0 radical (unpaired) electrons. The third kappa shape index (κ3) is 6.56. The molecule has 0 aliphatic rings. The van der Waals surface area contributed by atoms with Crippen molar-refractivity contribution in [1.29, 1.82) is 0 Å². The van der Waals surface area contributed by atoms with E-state index in [1.807, 2.05) is 18.3 Å². The molecule has 0 unspecified atom stereocenters. The molecule has 0 aromatic carbocycles. The Morgan fingerprint density at radius 3 is 2.65 bits per heavy atom. The molecule has 3 nitrogen and oxygen atoms in total. The van der Waals surface area contributed by atoms with Crippen LogP contribution in [0, 0.1) is 5.92 Å². The first-order chi connectivity index (χ1) is 7.99. The van der Waals surface area contributed by atoms with E-state index in [9.17, 15) is 0 Å². The van der Waals surface area contributed by atoms with Crippen LogP contribution in [0.15, 0.2) is 24.5 Å². The van der Waals surface area contributed by atoms with E-state index in [-0.39, 0.29) is 0 Å². The van der Waals surface area contributed by atoms with E-state index in [1.165, 1.54) is 0 Å². The molecule has 0 amide bonds. The van der Waals surface area contributed by atoms with Crippen LogP contribution < -0.4 is 0 Å². The van der Waals surface area contributed by atoms with Crippen LogP contribution in [-0.4, -0.2) is 20.2 Å². The maximum Gasteiger partial charge on any atom is 0.332 e. The van der Waals surface area contributed by atoms with E-state index in [4.69, 9.17) is 8.85 Å². The summed E-state index contributed by atoms with van der Waals surface area (Å²) in [4.78, 5) is 4.07. The molecule has 96 valence electrons. The van der Waals surface area contributed by atoms with Crippen molar-refractivity contribution < 1.29 is 8.85 Å². The van der Waals surface area contributed by atoms with Crippen LogP contribution in [0.4, 0.5) is 0 Å². The summed E-state index contributed by atoms with van der Waals surface area (Å²) in [5, 5.41) is 0. The zero-order valence-electron chi connectivity index (χ0n) is 11.3. The Morgan fingerprint density at radius 1 is 1.29 bits per heavy atom. The van der Waals surface area contributed by atoms with E-state index in [1.54, 1.807) is 6.20 Å². The molecular weight excluding hydrogens is 230 g/mol. The Bertz CT molecular complexity index is 314. The fourth-order valence-corrected chi connectivity index (χ4v) is 2.53. The van der Waals surface area contributed by atoms with Crippen LogP contribution in [0.2, 0.25) is 13.1 Å². The summed E-state index contributed by atoms with van der Waals surface area (Å²) in [5.41, 5.74) is 1.10. The predicted molar refractivity (Wildman–Crippen MR) is 71.9 cm³/mol. The second-order valence-corrected chi connectivity index (χ2v) is 8.46. The van der Waals surface area contributed by atoms with Crippen molar-refractivity contribution in [3.8, 4) is 0 Å². The van der Waals surface area contributed by atoms with Crippen molar-refractivity contribution in [3.05, 3.63) is 30.1 Å². The van der Waals surface area contributed by atoms with Crippen LogP contribution in [0.5, 0.6) is 0 Å². The number of aromatic nitrogens is 1. The molecule has 0 spiro atoms. The lowest BCUT2D eigenvalue weighted by Crippen LogP contribution is -2.35. The highest BCUT2D eigenvalue weighted by Crippen LogP contribution is 2.12. The SMILES string of the molecule is CC(C)CCO[Si](C)(C)OCc1cccnc1. The second-order valence-electron chi connectivity index (χ2n) is 5.08. The van der Waals surface area contributed by atoms with E-state index in [2.05, 4.69) is 31.9 Å². The largest absolute Gasteiger partial charge is 0.394 e. The minimum Gasteiger partial charge on any atom is -0.394 e. The normalized spacial score (nSPS) is 12.1. The minimum absolute atomic E-state index is 0.592. The van der Waals surface area contributed by atoms with Gasteiger partial charge in [0.2, 0.25) is 0 Å². The van der Waals surface area contributed by atoms with Gasteiger partial charge in [-0.2, -0.15) is 0 Å². The fraction of sp³-hybridized carbons (Fsp3) is 0.615. The van der Waals surface area contributed by atoms with Gasteiger partial charge in [-0.15, -0.1) is 0 Å².